The number of amides is 1. The van der Waals surface area contributed by atoms with E-state index in [1.54, 1.807) is 0 Å². The first-order valence-electron chi connectivity index (χ1n) is 7.10. The van der Waals surface area contributed by atoms with Crippen LogP contribution < -0.4 is 5.32 Å². The van der Waals surface area contributed by atoms with Crippen LogP contribution in [-0.4, -0.2) is 11.0 Å². The molecule has 0 unspecified atom stereocenters. The van der Waals surface area contributed by atoms with E-state index in [-0.39, 0.29) is 24.4 Å². The van der Waals surface area contributed by atoms with E-state index in [0.717, 1.165) is 12.1 Å². The summed E-state index contributed by atoms with van der Waals surface area (Å²) in [5.74, 6) is -0.901. The van der Waals surface area contributed by atoms with Crippen LogP contribution in [0.3, 0.4) is 0 Å². The first kappa shape index (κ1) is 17.9. The van der Waals surface area contributed by atoms with E-state index < -0.39 is 24.2 Å². The molecule has 0 heterocycles. The van der Waals surface area contributed by atoms with Crippen LogP contribution in [-0.2, 0) is 30.5 Å². The van der Waals surface area contributed by atoms with Gasteiger partial charge in [0.1, 0.15) is 5.82 Å². The summed E-state index contributed by atoms with van der Waals surface area (Å²) in [6, 6.07) is 8.48. The van der Waals surface area contributed by atoms with Gasteiger partial charge in [0.2, 0.25) is 5.91 Å². The number of hydrogen-bond acceptors (Lipinski definition) is 2. The largest absolute Gasteiger partial charge is 0.416 e. The van der Waals surface area contributed by atoms with Gasteiger partial charge in [-0.15, -0.1) is 0 Å². The van der Waals surface area contributed by atoms with E-state index in [9.17, 15) is 22.4 Å². The molecule has 0 saturated carbocycles. The molecule has 7 heteroatoms. The van der Waals surface area contributed by atoms with Crippen LogP contribution in [0.1, 0.15) is 22.3 Å². The molecule has 0 spiro atoms. The van der Waals surface area contributed by atoms with E-state index in [1.165, 1.54) is 30.3 Å². The predicted molar refractivity (Wildman–Crippen MR) is 79.3 cm³/mol. The van der Waals surface area contributed by atoms with Gasteiger partial charge >= 0.3 is 6.18 Å². The maximum absolute atomic E-state index is 13.2. The number of aliphatic hydroxyl groups excluding tert-OH is 1. The van der Waals surface area contributed by atoms with Crippen molar-refractivity contribution < 1.29 is 27.5 Å². The van der Waals surface area contributed by atoms with E-state index in [4.69, 9.17) is 5.11 Å². The Balaban J connectivity index is 1.91. The zero-order valence-electron chi connectivity index (χ0n) is 12.5. The van der Waals surface area contributed by atoms with Crippen molar-refractivity contribution in [2.24, 2.45) is 0 Å². The average Bonchev–Trinajstić information content (AvgIpc) is 2.53. The van der Waals surface area contributed by atoms with Gasteiger partial charge in [-0.2, -0.15) is 13.2 Å². The minimum absolute atomic E-state index is 0.0633. The molecule has 0 atom stereocenters. The highest BCUT2D eigenvalue weighted by Gasteiger charge is 2.29. The third-order valence-electron chi connectivity index (χ3n) is 3.42. The molecule has 3 nitrogen and oxygen atoms in total. The summed E-state index contributed by atoms with van der Waals surface area (Å²) in [5, 5.41) is 11.6. The van der Waals surface area contributed by atoms with Crippen molar-refractivity contribution in [1.82, 2.24) is 5.32 Å². The highest BCUT2D eigenvalue weighted by atomic mass is 19.4. The first-order chi connectivity index (χ1) is 11.3. The lowest BCUT2D eigenvalue weighted by atomic mass is 10.1. The van der Waals surface area contributed by atoms with Gasteiger partial charge in [0.15, 0.2) is 0 Å². The molecule has 1 amide bonds. The van der Waals surface area contributed by atoms with Gasteiger partial charge in [-0.1, -0.05) is 18.2 Å². The molecule has 2 aromatic carbocycles. The Morgan fingerprint density at radius 2 is 1.67 bits per heavy atom. The summed E-state index contributed by atoms with van der Waals surface area (Å²) in [6.07, 6.45) is -4.47. The molecule has 0 aliphatic heterocycles. The van der Waals surface area contributed by atoms with Crippen LogP contribution in [0.5, 0.6) is 0 Å². The predicted octanol–water partition coefficient (Wildman–Crippen LogP) is 3.20. The summed E-state index contributed by atoms with van der Waals surface area (Å²) >= 11 is 0. The summed E-state index contributed by atoms with van der Waals surface area (Å²) in [5.41, 5.74) is 0.427. The summed E-state index contributed by atoms with van der Waals surface area (Å²) in [7, 11) is 0. The Morgan fingerprint density at radius 1 is 1.04 bits per heavy atom. The Morgan fingerprint density at radius 3 is 2.25 bits per heavy atom. The minimum Gasteiger partial charge on any atom is -0.392 e. The molecule has 0 aromatic heterocycles. The average molecular weight is 341 g/mol. The van der Waals surface area contributed by atoms with Gasteiger partial charge in [0.05, 0.1) is 18.6 Å². The maximum Gasteiger partial charge on any atom is 0.416 e. The number of halogens is 4. The maximum atomic E-state index is 13.2. The fourth-order valence-electron chi connectivity index (χ4n) is 2.12. The van der Waals surface area contributed by atoms with Crippen LogP contribution >= 0.6 is 0 Å². The van der Waals surface area contributed by atoms with Gasteiger partial charge in [-0.05, 0) is 35.4 Å². The normalized spacial score (nSPS) is 11.4. The minimum atomic E-state index is -4.41. The van der Waals surface area contributed by atoms with Gasteiger partial charge in [-0.3, -0.25) is 4.79 Å². The van der Waals surface area contributed by atoms with Crippen LogP contribution in [0.2, 0.25) is 0 Å². The Hall–Kier alpha value is -2.41. The number of carbonyl (C=O) groups excluding carboxylic acids is 1. The molecule has 0 aliphatic carbocycles. The fraction of sp³-hybridized carbons (Fsp3) is 0.235. The van der Waals surface area contributed by atoms with Crippen LogP contribution in [0.15, 0.2) is 42.5 Å². The smallest absolute Gasteiger partial charge is 0.392 e. The van der Waals surface area contributed by atoms with E-state index in [2.05, 4.69) is 5.32 Å². The molecule has 24 heavy (non-hydrogen) atoms. The third-order valence-corrected chi connectivity index (χ3v) is 3.42. The Bertz CT molecular complexity index is 712. The van der Waals surface area contributed by atoms with E-state index >= 15 is 0 Å². The molecule has 2 N–H and O–H groups in total. The van der Waals surface area contributed by atoms with E-state index in [1.807, 2.05) is 0 Å². The summed E-state index contributed by atoms with van der Waals surface area (Å²) < 4.78 is 50.6. The molecule has 2 aromatic rings. The fourth-order valence-corrected chi connectivity index (χ4v) is 2.12. The highest BCUT2D eigenvalue weighted by molar-refractivity contribution is 5.78. The second kappa shape index (κ2) is 7.44. The van der Waals surface area contributed by atoms with Gasteiger partial charge < -0.3 is 10.4 Å². The van der Waals surface area contributed by atoms with Crippen LogP contribution in [0, 0.1) is 5.82 Å². The van der Waals surface area contributed by atoms with E-state index in [0.29, 0.717) is 11.1 Å². The zero-order valence-corrected chi connectivity index (χ0v) is 12.5. The van der Waals surface area contributed by atoms with Crippen LogP contribution in [0.25, 0.3) is 0 Å². The molecule has 2 rings (SSSR count). The van der Waals surface area contributed by atoms with Crippen LogP contribution in [0.4, 0.5) is 17.6 Å². The van der Waals surface area contributed by atoms with Gasteiger partial charge in [0, 0.05) is 12.1 Å². The van der Waals surface area contributed by atoms with Gasteiger partial charge in [-0.25, -0.2) is 4.39 Å². The molecule has 0 radical (unpaired) electrons. The van der Waals surface area contributed by atoms with Crippen molar-refractivity contribution in [2.45, 2.75) is 25.7 Å². The second-order valence-corrected chi connectivity index (χ2v) is 5.23. The van der Waals surface area contributed by atoms with Crippen molar-refractivity contribution in [3.63, 3.8) is 0 Å². The summed E-state index contributed by atoms with van der Waals surface area (Å²) in [6.45, 7) is -0.314. The van der Waals surface area contributed by atoms with Crippen molar-refractivity contribution >= 4 is 5.91 Å². The molecule has 0 fully saturated rings. The number of alkyl halides is 3. The van der Waals surface area contributed by atoms with Crippen molar-refractivity contribution in [3.8, 4) is 0 Å². The number of aliphatic hydroxyl groups is 1. The number of hydrogen-bond donors (Lipinski definition) is 2. The molecular weight excluding hydrogens is 326 g/mol. The lowest BCUT2D eigenvalue weighted by molar-refractivity contribution is -0.137. The zero-order chi connectivity index (χ0) is 17.7. The van der Waals surface area contributed by atoms with Crippen molar-refractivity contribution in [1.29, 1.82) is 0 Å². The number of benzene rings is 2. The number of carbonyl (C=O) groups is 1. The topological polar surface area (TPSA) is 49.3 Å². The summed E-state index contributed by atoms with van der Waals surface area (Å²) in [4.78, 5) is 11.8. The molecule has 0 aliphatic rings. The number of rotatable bonds is 5. The lowest BCUT2D eigenvalue weighted by Crippen LogP contribution is -2.24. The first-order valence-corrected chi connectivity index (χ1v) is 7.10. The van der Waals surface area contributed by atoms with Crippen molar-refractivity contribution in [2.75, 3.05) is 0 Å². The standard InChI is InChI=1S/C17H15F4NO2/c18-15-6-3-12(7-13(15)10-23)9-22-16(24)8-11-1-4-14(5-2-11)17(19,20)21/h1-7,23H,8-10H2,(H,22,24). The molecule has 0 bridgehead atoms. The van der Waals surface area contributed by atoms with Gasteiger partial charge in [0.25, 0.3) is 0 Å². The molecule has 128 valence electrons. The lowest BCUT2D eigenvalue weighted by Gasteiger charge is -2.09. The highest BCUT2D eigenvalue weighted by Crippen LogP contribution is 2.29. The Labute approximate surface area is 135 Å². The number of nitrogens with one attached hydrogen (secondary N) is 1. The molecular formula is C17H15F4NO2. The monoisotopic (exact) mass is 341 g/mol. The van der Waals surface area contributed by atoms with Crippen molar-refractivity contribution in [3.05, 3.63) is 70.5 Å². The SMILES string of the molecule is O=C(Cc1ccc(C(F)(F)F)cc1)NCc1ccc(F)c(CO)c1. The Kier molecular flexibility index (Phi) is 5.56. The third kappa shape index (κ3) is 4.79. The second-order valence-electron chi connectivity index (χ2n) is 5.23. The molecule has 0 saturated heterocycles. The quantitative estimate of drug-likeness (QED) is 0.821.